The minimum absolute atomic E-state index is 0.0315. The van der Waals surface area contributed by atoms with Crippen LogP contribution in [0.1, 0.15) is 6.92 Å². The van der Waals surface area contributed by atoms with Crippen LogP contribution in [0.5, 0.6) is 0 Å². The third-order valence-electron chi connectivity index (χ3n) is 2.57. The molecule has 1 heterocycles. The molecule has 1 aromatic heterocycles. The standard InChI is InChI=1S/C11H13N5OS2/c1-7(19-2)10(17)12-8-4-3-5-9(6-8)16-11(18)13-14-15-16/h3-7H,1-2H3,(H,12,17)(H,13,15,18). The molecule has 2 N–H and O–H groups in total. The van der Waals surface area contributed by atoms with Gasteiger partial charge in [-0.2, -0.15) is 17.0 Å². The van der Waals surface area contributed by atoms with Crippen LogP contribution >= 0.6 is 24.0 Å². The first-order valence-electron chi connectivity index (χ1n) is 5.56. The van der Waals surface area contributed by atoms with Gasteiger partial charge in [-0.05, 0) is 43.6 Å². The van der Waals surface area contributed by atoms with Crippen LogP contribution in [0.4, 0.5) is 5.69 Å². The Bertz CT molecular complexity index is 636. The Morgan fingerprint density at radius 1 is 1.58 bits per heavy atom. The number of thioether (sulfide) groups is 1. The van der Waals surface area contributed by atoms with Gasteiger partial charge in [0.1, 0.15) is 0 Å². The van der Waals surface area contributed by atoms with E-state index in [2.05, 4.69) is 20.8 Å². The van der Waals surface area contributed by atoms with Crippen molar-refractivity contribution in [3.8, 4) is 5.69 Å². The number of aromatic amines is 1. The lowest BCUT2D eigenvalue weighted by Crippen LogP contribution is -2.22. The van der Waals surface area contributed by atoms with E-state index in [4.69, 9.17) is 12.2 Å². The van der Waals surface area contributed by atoms with Gasteiger partial charge in [0.15, 0.2) is 0 Å². The number of H-pyrrole nitrogens is 1. The number of hydrogen-bond acceptors (Lipinski definition) is 5. The van der Waals surface area contributed by atoms with Crippen molar-refractivity contribution in [2.75, 3.05) is 11.6 Å². The van der Waals surface area contributed by atoms with Gasteiger partial charge in [0.25, 0.3) is 0 Å². The van der Waals surface area contributed by atoms with Gasteiger partial charge in [-0.3, -0.25) is 4.79 Å². The largest absolute Gasteiger partial charge is 0.325 e. The molecule has 6 nitrogen and oxygen atoms in total. The molecule has 0 saturated heterocycles. The molecule has 0 fully saturated rings. The number of hydrogen-bond donors (Lipinski definition) is 2. The molecule has 0 radical (unpaired) electrons. The molecule has 0 saturated carbocycles. The minimum atomic E-state index is -0.0976. The number of amides is 1. The fraction of sp³-hybridized carbons (Fsp3) is 0.273. The molecule has 0 aliphatic carbocycles. The van der Waals surface area contributed by atoms with E-state index < -0.39 is 0 Å². The smallest absolute Gasteiger partial charge is 0.242 e. The lowest BCUT2D eigenvalue weighted by molar-refractivity contribution is -0.115. The number of aromatic nitrogens is 4. The molecule has 19 heavy (non-hydrogen) atoms. The summed E-state index contributed by atoms with van der Waals surface area (Å²) < 4.78 is 1.89. The van der Waals surface area contributed by atoms with E-state index in [0.717, 1.165) is 5.69 Å². The number of tetrazole rings is 1. The number of carbonyl (C=O) groups excluding carboxylic acids is 1. The van der Waals surface area contributed by atoms with Gasteiger partial charge < -0.3 is 5.32 Å². The van der Waals surface area contributed by atoms with Crippen molar-refractivity contribution in [1.82, 2.24) is 20.2 Å². The molecule has 0 bridgehead atoms. The summed E-state index contributed by atoms with van der Waals surface area (Å²) in [6.45, 7) is 1.86. The highest BCUT2D eigenvalue weighted by Crippen LogP contribution is 2.15. The van der Waals surface area contributed by atoms with E-state index in [0.29, 0.717) is 10.5 Å². The third kappa shape index (κ3) is 3.21. The first-order chi connectivity index (χ1) is 9.11. The molecule has 2 rings (SSSR count). The number of benzene rings is 1. The van der Waals surface area contributed by atoms with Crippen LogP contribution in [0.15, 0.2) is 24.3 Å². The molecule has 0 spiro atoms. The first-order valence-corrected chi connectivity index (χ1v) is 7.25. The van der Waals surface area contributed by atoms with Crippen LogP contribution < -0.4 is 5.32 Å². The van der Waals surface area contributed by atoms with Gasteiger partial charge in [-0.1, -0.05) is 16.4 Å². The predicted molar refractivity (Wildman–Crippen MR) is 78.2 cm³/mol. The molecular weight excluding hydrogens is 282 g/mol. The average molecular weight is 295 g/mol. The van der Waals surface area contributed by atoms with Crippen molar-refractivity contribution in [2.45, 2.75) is 12.2 Å². The molecule has 0 aliphatic rings. The van der Waals surface area contributed by atoms with Gasteiger partial charge in [-0.25, -0.2) is 4.68 Å². The van der Waals surface area contributed by atoms with E-state index in [1.807, 2.05) is 31.4 Å². The highest BCUT2D eigenvalue weighted by molar-refractivity contribution is 7.99. The number of carbonyl (C=O) groups is 1. The van der Waals surface area contributed by atoms with Crippen molar-refractivity contribution < 1.29 is 4.79 Å². The second kappa shape index (κ2) is 5.98. The number of nitrogens with zero attached hydrogens (tertiary/aromatic N) is 3. The number of anilines is 1. The van der Waals surface area contributed by atoms with Crippen LogP contribution in [0.25, 0.3) is 5.69 Å². The summed E-state index contributed by atoms with van der Waals surface area (Å²) in [4.78, 5) is 11.8. The molecule has 1 unspecified atom stereocenters. The van der Waals surface area contributed by atoms with Gasteiger partial charge in [0.05, 0.1) is 10.9 Å². The molecular formula is C11H13N5OS2. The Hall–Kier alpha value is -1.67. The minimum Gasteiger partial charge on any atom is -0.325 e. The molecule has 1 atom stereocenters. The van der Waals surface area contributed by atoms with E-state index in [-0.39, 0.29) is 11.2 Å². The van der Waals surface area contributed by atoms with Gasteiger partial charge >= 0.3 is 0 Å². The summed E-state index contributed by atoms with van der Waals surface area (Å²) in [5.74, 6) is -0.0315. The Kier molecular flexibility index (Phi) is 4.33. The number of nitrogens with one attached hydrogen (secondary N) is 2. The Balaban J connectivity index is 2.23. The zero-order valence-electron chi connectivity index (χ0n) is 10.5. The quantitative estimate of drug-likeness (QED) is 0.844. The van der Waals surface area contributed by atoms with Crippen molar-refractivity contribution in [2.24, 2.45) is 0 Å². The third-order valence-corrected chi connectivity index (χ3v) is 3.75. The van der Waals surface area contributed by atoms with Crippen LogP contribution in [-0.4, -0.2) is 37.6 Å². The molecule has 0 aliphatic heterocycles. The average Bonchev–Trinajstić information content (AvgIpc) is 2.84. The summed E-state index contributed by atoms with van der Waals surface area (Å²) >= 11 is 6.52. The SMILES string of the molecule is CSC(C)C(=O)Nc1cccc(-n2[nH]nnc2=S)c1. The number of rotatable bonds is 4. The van der Waals surface area contributed by atoms with Crippen molar-refractivity contribution in [1.29, 1.82) is 0 Å². The summed E-state index contributed by atoms with van der Waals surface area (Å²) in [7, 11) is 0. The molecule has 1 aromatic carbocycles. The van der Waals surface area contributed by atoms with Gasteiger partial charge in [0.2, 0.25) is 10.7 Å². The van der Waals surface area contributed by atoms with E-state index in [1.165, 1.54) is 11.8 Å². The van der Waals surface area contributed by atoms with Crippen molar-refractivity contribution in [3.05, 3.63) is 29.0 Å². The lowest BCUT2D eigenvalue weighted by Gasteiger charge is -2.10. The van der Waals surface area contributed by atoms with Gasteiger partial charge in [-0.15, -0.1) is 0 Å². The van der Waals surface area contributed by atoms with Crippen LogP contribution in [-0.2, 0) is 4.79 Å². The molecule has 100 valence electrons. The molecule has 8 heteroatoms. The topological polar surface area (TPSA) is 75.6 Å². The summed E-state index contributed by atoms with van der Waals surface area (Å²) in [5, 5.41) is 12.8. The normalized spacial score (nSPS) is 12.1. The molecule has 2 aromatic rings. The van der Waals surface area contributed by atoms with Crippen LogP contribution in [0.3, 0.4) is 0 Å². The zero-order chi connectivity index (χ0) is 13.8. The maximum absolute atomic E-state index is 11.8. The monoisotopic (exact) mass is 295 g/mol. The summed E-state index contributed by atoms with van der Waals surface area (Å²) in [6, 6.07) is 7.31. The van der Waals surface area contributed by atoms with Crippen molar-refractivity contribution in [3.63, 3.8) is 0 Å². The van der Waals surface area contributed by atoms with E-state index in [1.54, 1.807) is 10.7 Å². The Morgan fingerprint density at radius 2 is 2.37 bits per heavy atom. The molecule has 1 amide bonds. The zero-order valence-corrected chi connectivity index (χ0v) is 12.1. The van der Waals surface area contributed by atoms with Gasteiger partial charge in [0, 0.05) is 5.69 Å². The summed E-state index contributed by atoms with van der Waals surface area (Å²) in [5.41, 5.74) is 1.48. The first kappa shape index (κ1) is 13.8. The second-order valence-corrected chi connectivity index (χ2v) is 5.38. The van der Waals surface area contributed by atoms with E-state index in [9.17, 15) is 4.79 Å². The maximum atomic E-state index is 11.8. The summed E-state index contributed by atoms with van der Waals surface area (Å²) in [6.07, 6.45) is 1.90. The maximum Gasteiger partial charge on any atom is 0.242 e. The van der Waals surface area contributed by atoms with Crippen LogP contribution in [0, 0.1) is 4.77 Å². The van der Waals surface area contributed by atoms with E-state index >= 15 is 0 Å². The van der Waals surface area contributed by atoms with Crippen molar-refractivity contribution >= 4 is 35.6 Å². The Labute approximate surface area is 119 Å². The Morgan fingerprint density at radius 3 is 3.00 bits per heavy atom. The lowest BCUT2D eigenvalue weighted by atomic mass is 10.2. The van der Waals surface area contributed by atoms with Crippen LogP contribution in [0.2, 0.25) is 0 Å². The highest BCUT2D eigenvalue weighted by Gasteiger charge is 2.11. The highest BCUT2D eigenvalue weighted by atomic mass is 32.2. The second-order valence-electron chi connectivity index (χ2n) is 3.84. The fourth-order valence-electron chi connectivity index (χ4n) is 1.44. The predicted octanol–water partition coefficient (Wildman–Crippen LogP) is 2.01. The fourth-order valence-corrected chi connectivity index (χ4v) is 1.90.